The number of nitrogens with two attached hydrogens (primary N) is 1. The first-order valence-corrected chi connectivity index (χ1v) is 6.18. The molecule has 0 aliphatic heterocycles. The van der Waals surface area contributed by atoms with Gasteiger partial charge in [0.2, 0.25) is 5.88 Å². The second kappa shape index (κ2) is 6.16. The van der Waals surface area contributed by atoms with Gasteiger partial charge in [-0.3, -0.25) is 4.79 Å². The molecule has 0 unspecified atom stereocenters. The van der Waals surface area contributed by atoms with E-state index in [9.17, 15) is 4.79 Å². The van der Waals surface area contributed by atoms with E-state index in [0.29, 0.717) is 12.3 Å². The van der Waals surface area contributed by atoms with Gasteiger partial charge >= 0.3 is 5.97 Å². The van der Waals surface area contributed by atoms with Crippen LogP contribution in [0.25, 0.3) is 11.1 Å². The zero-order valence-corrected chi connectivity index (χ0v) is 11.1. The zero-order chi connectivity index (χ0) is 14.5. The molecule has 2 rings (SSSR count). The highest BCUT2D eigenvalue weighted by Crippen LogP contribution is 2.21. The van der Waals surface area contributed by atoms with Gasteiger partial charge in [0.15, 0.2) is 0 Å². The highest BCUT2D eigenvalue weighted by Gasteiger charge is 2.11. The minimum absolute atomic E-state index is 0.316. The Labute approximate surface area is 117 Å². The number of carbonyl (C=O) groups is 1. The number of benzene rings is 1. The van der Waals surface area contributed by atoms with Crippen molar-refractivity contribution in [3.63, 3.8) is 0 Å². The maximum Gasteiger partial charge on any atom is 0.320 e. The summed E-state index contributed by atoms with van der Waals surface area (Å²) in [7, 11) is 1.57. The van der Waals surface area contributed by atoms with Crippen LogP contribution < -0.4 is 10.5 Å². The molecule has 1 heterocycles. The minimum atomic E-state index is -0.992. The Morgan fingerprint density at radius 3 is 2.40 bits per heavy atom. The Hall–Kier alpha value is -2.40. The van der Waals surface area contributed by atoms with Crippen LogP contribution in [0.5, 0.6) is 5.88 Å². The van der Waals surface area contributed by atoms with Gasteiger partial charge in [0, 0.05) is 17.8 Å². The summed E-state index contributed by atoms with van der Waals surface area (Å²) in [5.41, 5.74) is 8.38. The largest absolute Gasteiger partial charge is 0.481 e. The molecule has 0 bridgehead atoms. The smallest absolute Gasteiger partial charge is 0.320 e. The number of aliphatic carboxylic acids is 1. The Morgan fingerprint density at radius 1 is 1.25 bits per heavy atom. The van der Waals surface area contributed by atoms with E-state index in [4.69, 9.17) is 15.6 Å². The second-order valence-electron chi connectivity index (χ2n) is 4.44. The molecule has 0 fully saturated rings. The molecule has 0 aliphatic rings. The molecule has 20 heavy (non-hydrogen) atoms. The lowest BCUT2D eigenvalue weighted by Crippen LogP contribution is -2.32. The second-order valence-corrected chi connectivity index (χ2v) is 4.44. The van der Waals surface area contributed by atoms with Crippen molar-refractivity contribution in [1.82, 2.24) is 4.98 Å². The summed E-state index contributed by atoms with van der Waals surface area (Å²) >= 11 is 0. The molecule has 5 heteroatoms. The third kappa shape index (κ3) is 3.33. The van der Waals surface area contributed by atoms with Crippen molar-refractivity contribution < 1.29 is 14.6 Å². The van der Waals surface area contributed by atoms with Crippen molar-refractivity contribution in [1.29, 1.82) is 0 Å². The number of hydrogen-bond donors (Lipinski definition) is 2. The van der Waals surface area contributed by atoms with Crippen LogP contribution in [0.4, 0.5) is 0 Å². The quantitative estimate of drug-likeness (QED) is 0.865. The van der Waals surface area contributed by atoms with E-state index in [1.165, 1.54) is 0 Å². The Morgan fingerprint density at radius 2 is 1.90 bits per heavy atom. The number of methoxy groups -OCH3 is 1. The first kappa shape index (κ1) is 14.0. The maximum atomic E-state index is 10.7. The van der Waals surface area contributed by atoms with Crippen molar-refractivity contribution in [2.45, 2.75) is 12.5 Å². The fraction of sp³-hybridized carbons (Fsp3) is 0.200. The molecule has 0 aliphatic carbocycles. The molecule has 0 saturated carbocycles. The van der Waals surface area contributed by atoms with E-state index in [1.807, 2.05) is 30.3 Å². The summed E-state index contributed by atoms with van der Waals surface area (Å²) in [4.78, 5) is 14.9. The van der Waals surface area contributed by atoms with E-state index in [2.05, 4.69) is 4.98 Å². The molecule has 0 radical (unpaired) electrons. The van der Waals surface area contributed by atoms with Crippen LogP contribution in [0.2, 0.25) is 0 Å². The monoisotopic (exact) mass is 272 g/mol. The molecule has 104 valence electrons. The molecule has 1 atom stereocenters. The van der Waals surface area contributed by atoms with Crippen LogP contribution in [0.15, 0.2) is 42.6 Å². The summed E-state index contributed by atoms with van der Waals surface area (Å²) < 4.78 is 5.01. The van der Waals surface area contributed by atoms with Gasteiger partial charge in [0.25, 0.3) is 0 Å². The van der Waals surface area contributed by atoms with Crippen LogP contribution in [0, 0.1) is 0 Å². The summed E-state index contributed by atoms with van der Waals surface area (Å²) in [6.07, 6.45) is 2.05. The van der Waals surface area contributed by atoms with Crippen LogP contribution in [0.3, 0.4) is 0 Å². The molecule has 5 nitrogen and oxygen atoms in total. The third-order valence-corrected chi connectivity index (χ3v) is 3.01. The highest BCUT2D eigenvalue weighted by molar-refractivity contribution is 5.73. The summed E-state index contributed by atoms with van der Waals surface area (Å²) in [5, 5.41) is 8.78. The molecular formula is C15H16N2O3. The summed E-state index contributed by atoms with van der Waals surface area (Å²) in [6.45, 7) is 0. The standard InChI is InChI=1S/C15H16N2O3/c1-20-14-7-6-12(9-17-14)11-4-2-10(3-5-11)8-13(16)15(18)19/h2-7,9,13H,8,16H2,1H3,(H,18,19)/t13-/m0/s1. The average Bonchev–Trinajstić information content (AvgIpc) is 2.48. The Balaban J connectivity index is 2.12. The van der Waals surface area contributed by atoms with Gasteiger partial charge in [0.1, 0.15) is 6.04 Å². The predicted octanol–water partition coefficient (Wildman–Crippen LogP) is 1.71. The van der Waals surface area contributed by atoms with E-state index in [-0.39, 0.29) is 0 Å². The fourth-order valence-corrected chi connectivity index (χ4v) is 1.85. The number of ether oxygens (including phenoxy) is 1. The molecule has 1 aromatic heterocycles. The first-order valence-electron chi connectivity index (χ1n) is 6.18. The average molecular weight is 272 g/mol. The van der Waals surface area contributed by atoms with Crippen LogP contribution in [0.1, 0.15) is 5.56 Å². The number of carboxylic acids is 1. The topological polar surface area (TPSA) is 85.4 Å². The van der Waals surface area contributed by atoms with Crippen molar-refractivity contribution in [2.75, 3.05) is 7.11 Å². The highest BCUT2D eigenvalue weighted by atomic mass is 16.5. The maximum absolute atomic E-state index is 10.7. The van der Waals surface area contributed by atoms with E-state index in [1.54, 1.807) is 19.4 Å². The fourth-order valence-electron chi connectivity index (χ4n) is 1.85. The van der Waals surface area contributed by atoms with Crippen LogP contribution in [-0.2, 0) is 11.2 Å². The molecule has 0 amide bonds. The van der Waals surface area contributed by atoms with E-state index in [0.717, 1.165) is 16.7 Å². The van der Waals surface area contributed by atoms with E-state index >= 15 is 0 Å². The predicted molar refractivity (Wildman–Crippen MR) is 75.5 cm³/mol. The molecule has 3 N–H and O–H groups in total. The SMILES string of the molecule is COc1ccc(-c2ccc(C[C@H](N)C(=O)O)cc2)cn1. The van der Waals surface area contributed by atoms with Crippen molar-refractivity contribution in [2.24, 2.45) is 5.73 Å². The van der Waals surface area contributed by atoms with Gasteiger partial charge in [-0.05, 0) is 23.6 Å². The lowest BCUT2D eigenvalue weighted by molar-refractivity contribution is -0.138. The molecular weight excluding hydrogens is 256 g/mol. The van der Waals surface area contributed by atoms with Gasteiger partial charge in [-0.2, -0.15) is 0 Å². The summed E-state index contributed by atoms with van der Waals surface area (Å²) in [5.74, 6) is -0.425. The number of pyridine rings is 1. The van der Waals surface area contributed by atoms with Gasteiger partial charge in [-0.15, -0.1) is 0 Å². The number of carboxylic acid groups (broad SMARTS) is 1. The summed E-state index contributed by atoms with van der Waals surface area (Å²) in [6, 6.07) is 10.4. The number of hydrogen-bond acceptors (Lipinski definition) is 4. The van der Waals surface area contributed by atoms with Crippen LogP contribution >= 0.6 is 0 Å². The van der Waals surface area contributed by atoms with Crippen LogP contribution in [-0.4, -0.2) is 29.2 Å². The first-order chi connectivity index (χ1) is 9.60. The Kier molecular flexibility index (Phi) is 4.32. The van der Waals surface area contributed by atoms with Crippen molar-refractivity contribution in [3.05, 3.63) is 48.2 Å². The van der Waals surface area contributed by atoms with Gasteiger partial charge in [0.05, 0.1) is 7.11 Å². The molecule has 0 spiro atoms. The van der Waals surface area contributed by atoms with E-state index < -0.39 is 12.0 Å². The number of aromatic nitrogens is 1. The number of nitrogens with zero attached hydrogens (tertiary/aromatic N) is 1. The number of rotatable bonds is 5. The lowest BCUT2D eigenvalue weighted by atomic mass is 10.0. The zero-order valence-electron chi connectivity index (χ0n) is 11.1. The molecule has 2 aromatic rings. The molecule has 0 saturated heterocycles. The van der Waals surface area contributed by atoms with Gasteiger partial charge in [-0.25, -0.2) is 4.98 Å². The van der Waals surface area contributed by atoms with Crippen molar-refractivity contribution in [3.8, 4) is 17.0 Å². The normalized spacial score (nSPS) is 11.9. The third-order valence-electron chi connectivity index (χ3n) is 3.01. The minimum Gasteiger partial charge on any atom is -0.481 e. The Bertz CT molecular complexity index is 579. The van der Waals surface area contributed by atoms with Crippen molar-refractivity contribution >= 4 is 5.97 Å². The molecule has 1 aromatic carbocycles. The van der Waals surface area contributed by atoms with Gasteiger partial charge in [-0.1, -0.05) is 24.3 Å². The van der Waals surface area contributed by atoms with Gasteiger partial charge < -0.3 is 15.6 Å². The lowest BCUT2D eigenvalue weighted by Gasteiger charge is -2.08.